The second-order valence-electron chi connectivity index (χ2n) is 7.23. The summed E-state index contributed by atoms with van der Waals surface area (Å²) in [6, 6.07) is 11.9. The summed E-state index contributed by atoms with van der Waals surface area (Å²) in [5.41, 5.74) is 1.22. The first-order valence-corrected chi connectivity index (χ1v) is 9.25. The van der Waals surface area contributed by atoms with Crippen LogP contribution in [0.4, 0.5) is 5.95 Å². The third-order valence-corrected chi connectivity index (χ3v) is 5.19. The van der Waals surface area contributed by atoms with Crippen molar-refractivity contribution >= 4 is 17.6 Å². The monoisotopic (exact) mass is 365 g/mol. The molecule has 1 N–H and O–H groups in total. The van der Waals surface area contributed by atoms with Crippen molar-refractivity contribution in [3.05, 3.63) is 54.4 Å². The molecule has 2 atom stereocenters. The SMILES string of the molecule is CC(CNC(=O)C1=NOC2(CCN(c3ncccn3)C2)C1)c1ccccc1. The Morgan fingerprint density at radius 3 is 2.81 bits per heavy atom. The van der Waals surface area contributed by atoms with Crippen LogP contribution in [-0.2, 0) is 9.63 Å². The van der Waals surface area contributed by atoms with Crippen LogP contribution in [0.3, 0.4) is 0 Å². The lowest BCUT2D eigenvalue weighted by atomic mass is 9.96. The highest BCUT2D eigenvalue weighted by atomic mass is 16.7. The van der Waals surface area contributed by atoms with Gasteiger partial charge in [-0.2, -0.15) is 0 Å². The van der Waals surface area contributed by atoms with Gasteiger partial charge in [0.2, 0.25) is 5.95 Å². The Labute approximate surface area is 158 Å². The number of carbonyl (C=O) groups is 1. The van der Waals surface area contributed by atoms with E-state index in [9.17, 15) is 4.79 Å². The van der Waals surface area contributed by atoms with Gasteiger partial charge in [-0.3, -0.25) is 4.79 Å². The molecule has 27 heavy (non-hydrogen) atoms. The van der Waals surface area contributed by atoms with E-state index in [-0.39, 0.29) is 11.8 Å². The molecule has 7 nitrogen and oxygen atoms in total. The summed E-state index contributed by atoms with van der Waals surface area (Å²) in [5.74, 6) is 0.779. The van der Waals surface area contributed by atoms with Gasteiger partial charge >= 0.3 is 0 Å². The molecule has 2 unspecified atom stereocenters. The molecule has 1 aromatic carbocycles. The molecule has 4 rings (SSSR count). The van der Waals surface area contributed by atoms with E-state index in [4.69, 9.17) is 4.84 Å². The molecule has 140 valence electrons. The first-order valence-electron chi connectivity index (χ1n) is 9.25. The molecule has 2 aliphatic heterocycles. The normalized spacial score (nSPS) is 22.4. The smallest absolute Gasteiger partial charge is 0.269 e. The number of anilines is 1. The molecule has 0 saturated carbocycles. The van der Waals surface area contributed by atoms with Crippen molar-refractivity contribution in [2.24, 2.45) is 5.16 Å². The highest BCUT2D eigenvalue weighted by Gasteiger charge is 2.47. The Morgan fingerprint density at radius 1 is 1.26 bits per heavy atom. The molecular formula is C20H23N5O2. The number of nitrogens with zero attached hydrogens (tertiary/aromatic N) is 4. The van der Waals surface area contributed by atoms with Crippen LogP contribution in [0.2, 0.25) is 0 Å². The number of oxime groups is 1. The topological polar surface area (TPSA) is 79.7 Å². The second-order valence-corrected chi connectivity index (χ2v) is 7.23. The minimum absolute atomic E-state index is 0.149. The van der Waals surface area contributed by atoms with Crippen molar-refractivity contribution in [2.75, 3.05) is 24.5 Å². The van der Waals surface area contributed by atoms with E-state index < -0.39 is 5.60 Å². The van der Waals surface area contributed by atoms with Crippen molar-refractivity contribution in [1.82, 2.24) is 15.3 Å². The van der Waals surface area contributed by atoms with Crippen molar-refractivity contribution in [1.29, 1.82) is 0 Å². The van der Waals surface area contributed by atoms with E-state index in [0.717, 1.165) is 13.0 Å². The van der Waals surface area contributed by atoms with Crippen LogP contribution >= 0.6 is 0 Å². The molecular weight excluding hydrogens is 342 g/mol. The van der Waals surface area contributed by atoms with Gasteiger partial charge in [0.1, 0.15) is 5.71 Å². The molecule has 1 spiro atoms. The van der Waals surface area contributed by atoms with Crippen LogP contribution in [0.25, 0.3) is 0 Å². The summed E-state index contributed by atoms with van der Waals surface area (Å²) in [5, 5.41) is 7.07. The Bertz CT molecular complexity index is 827. The molecule has 1 saturated heterocycles. The summed E-state index contributed by atoms with van der Waals surface area (Å²) >= 11 is 0. The molecule has 0 radical (unpaired) electrons. The predicted molar refractivity (Wildman–Crippen MR) is 103 cm³/mol. The molecule has 2 aliphatic rings. The summed E-state index contributed by atoms with van der Waals surface area (Å²) < 4.78 is 0. The van der Waals surface area contributed by atoms with Gasteiger partial charge in [0, 0.05) is 38.3 Å². The minimum Gasteiger partial charge on any atom is -0.386 e. The first kappa shape index (κ1) is 17.5. The standard InChI is InChI=1S/C20H23N5O2/c1-15(16-6-3-2-4-7-16)13-23-18(26)17-12-20(27-24-17)8-11-25(14-20)19-21-9-5-10-22-19/h2-7,9-10,15H,8,11-14H2,1H3,(H,23,26). The van der Waals surface area contributed by atoms with E-state index in [1.165, 1.54) is 5.56 Å². The third-order valence-electron chi connectivity index (χ3n) is 5.19. The largest absolute Gasteiger partial charge is 0.386 e. The molecule has 1 amide bonds. The van der Waals surface area contributed by atoms with Gasteiger partial charge in [-0.15, -0.1) is 0 Å². The van der Waals surface area contributed by atoms with Crippen LogP contribution in [0.15, 0.2) is 53.9 Å². The number of hydrogen-bond acceptors (Lipinski definition) is 6. The maximum atomic E-state index is 12.5. The third kappa shape index (κ3) is 3.77. The van der Waals surface area contributed by atoms with Gasteiger partial charge < -0.3 is 15.1 Å². The lowest BCUT2D eigenvalue weighted by Gasteiger charge is -2.21. The maximum Gasteiger partial charge on any atom is 0.269 e. The highest BCUT2D eigenvalue weighted by molar-refractivity contribution is 6.39. The Hall–Kier alpha value is -2.96. The fraction of sp³-hybridized carbons (Fsp3) is 0.400. The van der Waals surface area contributed by atoms with Crippen LogP contribution in [0, 0.1) is 0 Å². The highest BCUT2D eigenvalue weighted by Crippen LogP contribution is 2.35. The van der Waals surface area contributed by atoms with Crippen molar-refractivity contribution in [3.8, 4) is 0 Å². The van der Waals surface area contributed by atoms with Gasteiger partial charge in [0.05, 0.1) is 6.54 Å². The van der Waals surface area contributed by atoms with Crippen molar-refractivity contribution in [2.45, 2.75) is 31.3 Å². The predicted octanol–water partition coefficient (Wildman–Crippen LogP) is 2.12. The van der Waals surface area contributed by atoms with E-state index in [1.54, 1.807) is 18.5 Å². The Morgan fingerprint density at radius 2 is 2.04 bits per heavy atom. The molecule has 2 aromatic rings. The fourth-order valence-corrected chi connectivity index (χ4v) is 3.58. The van der Waals surface area contributed by atoms with E-state index in [1.807, 2.05) is 18.2 Å². The number of hydrogen-bond donors (Lipinski definition) is 1. The maximum absolute atomic E-state index is 12.5. The van der Waals surface area contributed by atoms with Crippen LogP contribution in [-0.4, -0.2) is 46.8 Å². The Balaban J connectivity index is 1.31. The summed E-state index contributed by atoms with van der Waals surface area (Å²) in [4.78, 5) is 28.9. The van der Waals surface area contributed by atoms with Gasteiger partial charge in [-0.05, 0) is 17.5 Å². The van der Waals surface area contributed by atoms with Crippen molar-refractivity contribution in [3.63, 3.8) is 0 Å². The van der Waals surface area contributed by atoms with Gasteiger partial charge in [0.15, 0.2) is 5.60 Å². The minimum atomic E-state index is -0.447. The quantitative estimate of drug-likeness (QED) is 0.878. The number of rotatable bonds is 5. The van der Waals surface area contributed by atoms with Gasteiger partial charge in [-0.1, -0.05) is 42.4 Å². The number of carbonyl (C=O) groups excluding carboxylic acids is 1. The van der Waals surface area contributed by atoms with Crippen LogP contribution in [0.1, 0.15) is 31.2 Å². The number of nitrogens with one attached hydrogen (secondary N) is 1. The van der Waals surface area contributed by atoms with Gasteiger partial charge in [0.25, 0.3) is 5.91 Å². The van der Waals surface area contributed by atoms with Crippen molar-refractivity contribution < 1.29 is 9.63 Å². The van der Waals surface area contributed by atoms with Crippen LogP contribution < -0.4 is 10.2 Å². The summed E-state index contributed by atoms with van der Waals surface area (Å²) in [6.45, 7) is 4.09. The van der Waals surface area contributed by atoms with E-state index in [0.29, 0.717) is 31.2 Å². The molecule has 7 heteroatoms. The number of benzene rings is 1. The molecule has 1 aromatic heterocycles. The Kier molecular flexibility index (Phi) is 4.75. The lowest BCUT2D eigenvalue weighted by Crippen LogP contribution is -2.38. The second kappa shape index (κ2) is 7.34. The van der Waals surface area contributed by atoms with E-state index >= 15 is 0 Å². The zero-order valence-electron chi connectivity index (χ0n) is 15.3. The molecule has 3 heterocycles. The molecule has 1 fully saturated rings. The molecule has 0 aliphatic carbocycles. The summed E-state index contributed by atoms with van der Waals surface area (Å²) in [7, 11) is 0. The first-order chi connectivity index (χ1) is 13.2. The zero-order valence-corrected chi connectivity index (χ0v) is 15.3. The summed E-state index contributed by atoms with van der Waals surface area (Å²) in [6.07, 6.45) is 4.77. The van der Waals surface area contributed by atoms with Gasteiger partial charge in [-0.25, -0.2) is 9.97 Å². The fourth-order valence-electron chi connectivity index (χ4n) is 3.58. The average Bonchev–Trinajstić information content (AvgIpc) is 3.34. The van der Waals surface area contributed by atoms with Crippen LogP contribution in [0.5, 0.6) is 0 Å². The van der Waals surface area contributed by atoms with E-state index in [2.05, 4.69) is 44.4 Å². The lowest BCUT2D eigenvalue weighted by molar-refractivity contribution is -0.115. The number of aromatic nitrogens is 2. The average molecular weight is 365 g/mol. The number of amides is 1. The molecule has 0 bridgehead atoms. The zero-order chi connectivity index (χ0) is 18.7.